The van der Waals surface area contributed by atoms with E-state index in [1.807, 2.05) is 30.3 Å². The average molecular weight is 432 g/mol. The Bertz CT molecular complexity index is 981. The number of nitrogens with zero attached hydrogens (tertiary/aromatic N) is 1. The standard InChI is InChI=1S/C19H18BrN3O2S/c1-12-10-18(25)23-19(21-12)13-4-2-5-14(11-13)22-17(24)7-3-6-15-8-9-16(20)26-15/h2,4-5,8-11H,3,6-7H2,1H3,(H,22,24)(H,21,23,25). The van der Waals surface area contributed by atoms with E-state index >= 15 is 0 Å². The summed E-state index contributed by atoms with van der Waals surface area (Å²) in [4.78, 5) is 32.1. The zero-order valence-corrected chi connectivity index (χ0v) is 16.6. The fourth-order valence-electron chi connectivity index (χ4n) is 2.59. The van der Waals surface area contributed by atoms with E-state index in [9.17, 15) is 9.59 Å². The van der Waals surface area contributed by atoms with Gasteiger partial charge in [-0.3, -0.25) is 9.59 Å². The SMILES string of the molecule is Cc1cc(=O)[nH]c(-c2cccc(NC(=O)CCCc3ccc(Br)s3)c2)n1. The van der Waals surface area contributed by atoms with Crippen LogP contribution in [-0.4, -0.2) is 15.9 Å². The van der Waals surface area contributed by atoms with Gasteiger partial charge in [-0.25, -0.2) is 4.98 Å². The fourth-order valence-corrected chi connectivity index (χ4v) is 4.12. The van der Waals surface area contributed by atoms with Crippen molar-refractivity contribution >= 4 is 38.9 Å². The molecule has 2 N–H and O–H groups in total. The molecule has 1 amide bonds. The van der Waals surface area contributed by atoms with Crippen LogP contribution in [0, 0.1) is 6.92 Å². The second-order valence-electron chi connectivity index (χ2n) is 5.92. The Morgan fingerprint density at radius 2 is 2.12 bits per heavy atom. The average Bonchev–Trinajstić information content (AvgIpc) is 2.99. The molecule has 0 unspecified atom stereocenters. The van der Waals surface area contributed by atoms with E-state index in [0.717, 1.165) is 22.2 Å². The zero-order chi connectivity index (χ0) is 18.5. The molecule has 1 aromatic carbocycles. The van der Waals surface area contributed by atoms with Crippen molar-refractivity contribution in [2.75, 3.05) is 5.32 Å². The van der Waals surface area contributed by atoms with Crippen LogP contribution in [0.2, 0.25) is 0 Å². The van der Waals surface area contributed by atoms with Crippen LogP contribution < -0.4 is 10.9 Å². The van der Waals surface area contributed by atoms with Crippen molar-refractivity contribution in [3.05, 3.63) is 67.2 Å². The summed E-state index contributed by atoms with van der Waals surface area (Å²) in [6.07, 6.45) is 2.14. The third kappa shape index (κ3) is 5.12. The lowest BCUT2D eigenvalue weighted by Crippen LogP contribution is -2.12. The number of anilines is 1. The Kier molecular flexibility index (Phi) is 6.00. The van der Waals surface area contributed by atoms with E-state index < -0.39 is 0 Å². The van der Waals surface area contributed by atoms with Crippen LogP contribution in [0.25, 0.3) is 11.4 Å². The summed E-state index contributed by atoms with van der Waals surface area (Å²) in [5, 5.41) is 2.91. The molecule has 0 bridgehead atoms. The molecular formula is C19H18BrN3O2S. The molecule has 0 aliphatic carbocycles. The number of halogens is 1. The predicted molar refractivity (Wildman–Crippen MR) is 109 cm³/mol. The number of amides is 1. The van der Waals surface area contributed by atoms with Crippen LogP contribution in [0.1, 0.15) is 23.4 Å². The van der Waals surface area contributed by atoms with Crippen molar-refractivity contribution in [2.45, 2.75) is 26.2 Å². The summed E-state index contributed by atoms with van der Waals surface area (Å²) in [7, 11) is 0. The third-order valence-corrected chi connectivity index (χ3v) is 5.43. The summed E-state index contributed by atoms with van der Waals surface area (Å²) in [6, 6.07) is 12.9. The van der Waals surface area contributed by atoms with Crippen molar-refractivity contribution in [3.8, 4) is 11.4 Å². The third-order valence-electron chi connectivity index (χ3n) is 3.75. The summed E-state index contributed by atoms with van der Waals surface area (Å²) < 4.78 is 1.11. The molecule has 0 spiro atoms. The van der Waals surface area contributed by atoms with Crippen molar-refractivity contribution in [2.24, 2.45) is 0 Å². The maximum atomic E-state index is 12.2. The predicted octanol–water partition coefficient (Wildman–Crippen LogP) is 4.53. The number of nitrogens with one attached hydrogen (secondary N) is 2. The highest BCUT2D eigenvalue weighted by Gasteiger charge is 2.07. The molecule has 0 atom stereocenters. The Balaban J connectivity index is 1.61. The molecule has 26 heavy (non-hydrogen) atoms. The monoisotopic (exact) mass is 431 g/mol. The molecule has 5 nitrogen and oxygen atoms in total. The minimum absolute atomic E-state index is 0.0246. The minimum Gasteiger partial charge on any atom is -0.326 e. The van der Waals surface area contributed by atoms with Gasteiger partial charge in [-0.2, -0.15) is 0 Å². The number of rotatable bonds is 6. The number of hydrogen-bond donors (Lipinski definition) is 2. The second kappa shape index (κ2) is 8.42. The highest BCUT2D eigenvalue weighted by molar-refractivity contribution is 9.11. The minimum atomic E-state index is -0.192. The van der Waals surface area contributed by atoms with E-state index in [0.29, 0.717) is 23.6 Å². The topological polar surface area (TPSA) is 74.8 Å². The van der Waals surface area contributed by atoms with Crippen molar-refractivity contribution in [1.29, 1.82) is 0 Å². The molecule has 0 aliphatic heterocycles. The number of aromatic nitrogens is 2. The molecule has 134 valence electrons. The molecule has 0 saturated carbocycles. The maximum absolute atomic E-state index is 12.2. The molecule has 3 aromatic rings. The van der Waals surface area contributed by atoms with Gasteiger partial charge in [-0.1, -0.05) is 12.1 Å². The van der Waals surface area contributed by atoms with Crippen LogP contribution in [0.4, 0.5) is 5.69 Å². The van der Waals surface area contributed by atoms with Gasteiger partial charge in [0.1, 0.15) is 5.82 Å². The fraction of sp³-hybridized carbons (Fsp3) is 0.211. The van der Waals surface area contributed by atoms with Crippen LogP contribution in [-0.2, 0) is 11.2 Å². The van der Waals surface area contributed by atoms with Crippen LogP contribution in [0.5, 0.6) is 0 Å². The van der Waals surface area contributed by atoms with Gasteiger partial charge in [0.2, 0.25) is 5.91 Å². The van der Waals surface area contributed by atoms with Crippen molar-refractivity contribution < 1.29 is 4.79 Å². The Hall–Kier alpha value is -2.25. The lowest BCUT2D eigenvalue weighted by atomic mass is 10.1. The molecule has 2 heterocycles. The number of carbonyl (C=O) groups excluding carboxylic acids is 1. The van der Waals surface area contributed by atoms with E-state index in [4.69, 9.17) is 0 Å². The van der Waals surface area contributed by atoms with Crippen LogP contribution >= 0.6 is 27.3 Å². The molecule has 0 saturated heterocycles. The molecule has 7 heteroatoms. The van der Waals surface area contributed by atoms with Gasteiger partial charge in [-0.15, -0.1) is 11.3 Å². The van der Waals surface area contributed by atoms with Crippen molar-refractivity contribution in [1.82, 2.24) is 9.97 Å². The summed E-state index contributed by atoms with van der Waals surface area (Å²) in [5.41, 5.74) is 1.91. The van der Waals surface area contributed by atoms with E-state index in [1.54, 1.807) is 18.3 Å². The lowest BCUT2D eigenvalue weighted by molar-refractivity contribution is -0.116. The summed E-state index contributed by atoms with van der Waals surface area (Å²) in [6.45, 7) is 1.77. The van der Waals surface area contributed by atoms with Crippen LogP contribution in [0.15, 0.2) is 51.0 Å². The quantitative estimate of drug-likeness (QED) is 0.601. The first-order valence-corrected chi connectivity index (χ1v) is 9.83. The van der Waals surface area contributed by atoms with Gasteiger partial charge < -0.3 is 10.3 Å². The highest BCUT2D eigenvalue weighted by atomic mass is 79.9. The first-order chi connectivity index (χ1) is 12.5. The number of thiophene rings is 1. The largest absolute Gasteiger partial charge is 0.326 e. The molecule has 0 fully saturated rings. The smallest absolute Gasteiger partial charge is 0.251 e. The number of benzene rings is 1. The van der Waals surface area contributed by atoms with E-state index in [2.05, 4.69) is 37.3 Å². The summed E-state index contributed by atoms with van der Waals surface area (Å²) in [5.74, 6) is 0.470. The van der Waals surface area contributed by atoms with Gasteiger partial charge in [0.25, 0.3) is 5.56 Å². The number of hydrogen-bond acceptors (Lipinski definition) is 4. The maximum Gasteiger partial charge on any atom is 0.251 e. The Morgan fingerprint density at radius 3 is 2.85 bits per heavy atom. The van der Waals surface area contributed by atoms with Gasteiger partial charge in [-0.05, 0) is 60.0 Å². The van der Waals surface area contributed by atoms with Crippen LogP contribution in [0.3, 0.4) is 0 Å². The van der Waals surface area contributed by atoms with E-state index in [1.165, 1.54) is 10.9 Å². The molecule has 0 radical (unpaired) electrons. The van der Waals surface area contributed by atoms with Gasteiger partial charge >= 0.3 is 0 Å². The van der Waals surface area contributed by atoms with Gasteiger partial charge in [0.15, 0.2) is 0 Å². The van der Waals surface area contributed by atoms with Gasteiger partial charge in [0.05, 0.1) is 3.79 Å². The second-order valence-corrected chi connectivity index (χ2v) is 8.47. The summed E-state index contributed by atoms with van der Waals surface area (Å²) >= 11 is 5.14. The van der Waals surface area contributed by atoms with Crippen molar-refractivity contribution in [3.63, 3.8) is 0 Å². The molecule has 3 rings (SSSR count). The molecule has 2 aromatic heterocycles. The Labute approximate surface area is 163 Å². The number of aryl methyl sites for hydroxylation is 2. The Morgan fingerprint density at radius 1 is 1.27 bits per heavy atom. The van der Waals surface area contributed by atoms with Gasteiger partial charge in [0, 0.05) is 34.3 Å². The molecular weight excluding hydrogens is 414 g/mol. The number of carbonyl (C=O) groups is 1. The first kappa shape index (κ1) is 18.5. The zero-order valence-electron chi connectivity index (χ0n) is 14.2. The molecule has 0 aliphatic rings. The number of H-pyrrole nitrogens is 1. The normalized spacial score (nSPS) is 10.7. The lowest BCUT2D eigenvalue weighted by Gasteiger charge is -2.07. The highest BCUT2D eigenvalue weighted by Crippen LogP contribution is 2.23. The number of aromatic amines is 1. The van der Waals surface area contributed by atoms with E-state index in [-0.39, 0.29) is 11.5 Å². The first-order valence-electron chi connectivity index (χ1n) is 8.22.